The Balaban J connectivity index is 1.54. The fourth-order valence-corrected chi connectivity index (χ4v) is 3.82. The minimum Gasteiger partial charge on any atom is -0.354 e. The topological polar surface area (TPSA) is 69.7 Å². The summed E-state index contributed by atoms with van der Waals surface area (Å²) in [5.74, 6) is -1.27. The second-order valence-corrected chi connectivity index (χ2v) is 8.08. The molecule has 1 heterocycles. The van der Waals surface area contributed by atoms with Crippen molar-refractivity contribution in [1.29, 1.82) is 0 Å². The number of fused-ring (bicyclic) bond motifs is 1. The van der Waals surface area contributed by atoms with Gasteiger partial charge in [-0.3, -0.25) is 19.3 Å². The van der Waals surface area contributed by atoms with Gasteiger partial charge in [-0.2, -0.15) is 0 Å². The number of rotatable bonds is 9. The molecular weight excluding hydrogens is 378 g/mol. The van der Waals surface area contributed by atoms with Gasteiger partial charge in [0.25, 0.3) is 11.8 Å². The molecule has 30 heavy (non-hydrogen) atoms. The van der Waals surface area contributed by atoms with Crippen molar-refractivity contribution in [3.63, 3.8) is 0 Å². The maximum Gasteiger partial charge on any atom is 0.262 e. The van der Waals surface area contributed by atoms with Crippen LogP contribution in [0.3, 0.4) is 0 Å². The lowest BCUT2D eigenvalue weighted by molar-refractivity contribution is -0.126. The van der Waals surface area contributed by atoms with Crippen molar-refractivity contribution in [2.24, 2.45) is 5.92 Å². The zero-order valence-corrected chi connectivity index (χ0v) is 17.8. The molecule has 1 aliphatic rings. The summed E-state index contributed by atoms with van der Waals surface area (Å²) in [6.45, 7) is 5.86. The summed E-state index contributed by atoms with van der Waals surface area (Å²) in [7, 11) is 2.05. The molecular formula is C24H29N3O3. The molecule has 1 N–H and O–H groups in total. The number of hydrogen-bond acceptors (Lipinski definition) is 4. The Labute approximate surface area is 177 Å². The molecule has 0 saturated heterocycles. The van der Waals surface area contributed by atoms with Crippen LogP contribution in [0, 0.1) is 5.92 Å². The lowest BCUT2D eigenvalue weighted by Gasteiger charge is -2.28. The van der Waals surface area contributed by atoms with Crippen LogP contribution in [0.4, 0.5) is 0 Å². The summed E-state index contributed by atoms with van der Waals surface area (Å²) in [5.41, 5.74) is 1.97. The van der Waals surface area contributed by atoms with Gasteiger partial charge in [-0.15, -0.1) is 0 Å². The monoisotopic (exact) mass is 407 g/mol. The van der Waals surface area contributed by atoms with Crippen molar-refractivity contribution in [1.82, 2.24) is 15.1 Å². The molecule has 158 valence electrons. The predicted octanol–water partition coefficient (Wildman–Crippen LogP) is 2.95. The first-order valence-corrected chi connectivity index (χ1v) is 10.4. The smallest absolute Gasteiger partial charge is 0.262 e. The van der Waals surface area contributed by atoms with Crippen LogP contribution < -0.4 is 5.32 Å². The molecule has 0 aromatic heterocycles. The van der Waals surface area contributed by atoms with Crippen LogP contribution in [0.25, 0.3) is 0 Å². The lowest BCUT2D eigenvalue weighted by Crippen LogP contribution is -2.52. The molecule has 3 rings (SSSR count). The average Bonchev–Trinajstić information content (AvgIpc) is 2.97. The Hall–Kier alpha value is -2.99. The maximum absolute atomic E-state index is 12.9. The zero-order valence-electron chi connectivity index (χ0n) is 17.8. The fourth-order valence-electron chi connectivity index (χ4n) is 3.82. The molecule has 0 aliphatic carbocycles. The van der Waals surface area contributed by atoms with Gasteiger partial charge in [0.05, 0.1) is 11.1 Å². The number of amides is 3. The van der Waals surface area contributed by atoms with E-state index in [0.717, 1.165) is 24.4 Å². The summed E-state index contributed by atoms with van der Waals surface area (Å²) in [4.78, 5) is 41.7. The number of carbonyl (C=O) groups excluding carboxylic acids is 3. The number of hydrogen-bond donors (Lipinski definition) is 1. The molecule has 1 atom stereocenters. The largest absolute Gasteiger partial charge is 0.354 e. The second-order valence-electron chi connectivity index (χ2n) is 8.08. The van der Waals surface area contributed by atoms with E-state index < -0.39 is 17.9 Å². The SMILES string of the molecule is CC(C)C(C(=O)NCCCN(C)Cc1ccccc1)N1C(=O)c2ccccc2C1=O. The molecule has 0 saturated carbocycles. The molecule has 2 aromatic carbocycles. The van der Waals surface area contributed by atoms with Crippen molar-refractivity contribution in [3.8, 4) is 0 Å². The number of benzene rings is 2. The van der Waals surface area contributed by atoms with Crippen LogP contribution in [0.2, 0.25) is 0 Å². The third-order valence-electron chi connectivity index (χ3n) is 5.31. The van der Waals surface area contributed by atoms with E-state index in [2.05, 4.69) is 22.3 Å². The van der Waals surface area contributed by atoms with E-state index in [9.17, 15) is 14.4 Å². The molecule has 0 radical (unpaired) electrons. The van der Waals surface area contributed by atoms with Crippen molar-refractivity contribution in [2.75, 3.05) is 20.1 Å². The summed E-state index contributed by atoms with van der Waals surface area (Å²) in [6.07, 6.45) is 0.780. The van der Waals surface area contributed by atoms with Gasteiger partial charge in [-0.1, -0.05) is 56.3 Å². The van der Waals surface area contributed by atoms with Gasteiger partial charge >= 0.3 is 0 Å². The van der Waals surface area contributed by atoms with Crippen molar-refractivity contribution in [3.05, 3.63) is 71.3 Å². The second kappa shape index (κ2) is 9.67. The molecule has 0 fully saturated rings. The minimum atomic E-state index is -0.820. The number of carbonyl (C=O) groups is 3. The van der Waals surface area contributed by atoms with Gasteiger partial charge in [0.15, 0.2) is 0 Å². The average molecular weight is 408 g/mol. The molecule has 2 aromatic rings. The Morgan fingerprint density at radius 2 is 1.53 bits per heavy atom. The summed E-state index contributed by atoms with van der Waals surface area (Å²) >= 11 is 0. The minimum absolute atomic E-state index is 0.187. The summed E-state index contributed by atoms with van der Waals surface area (Å²) < 4.78 is 0. The highest BCUT2D eigenvalue weighted by atomic mass is 16.2. The van der Waals surface area contributed by atoms with Gasteiger partial charge in [0, 0.05) is 13.1 Å². The van der Waals surface area contributed by atoms with E-state index in [-0.39, 0.29) is 11.8 Å². The van der Waals surface area contributed by atoms with E-state index in [0.29, 0.717) is 17.7 Å². The summed E-state index contributed by atoms with van der Waals surface area (Å²) in [5, 5.41) is 2.92. The molecule has 3 amide bonds. The third-order valence-corrected chi connectivity index (χ3v) is 5.31. The number of imide groups is 1. The molecule has 6 heteroatoms. The molecule has 0 spiro atoms. The van der Waals surface area contributed by atoms with Gasteiger partial charge in [0.1, 0.15) is 6.04 Å². The van der Waals surface area contributed by atoms with Crippen molar-refractivity contribution in [2.45, 2.75) is 32.9 Å². The predicted molar refractivity (Wildman–Crippen MR) is 116 cm³/mol. The number of nitrogens with zero attached hydrogens (tertiary/aromatic N) is 2. The molecule has 1 unspecified atom stereocenters. The Morgan fingerprint density at radius 3 is 2.10 bits per heavy atom. The van der Waals surface area contributed by atoms with Crippen LogP contribution in [-0.4, -0.2) is 53.7 Å². The van der Waals surface area contributed by atoms with Crippen LogP contribution in [0.5, 0.6) is 0 Å². The van der Waals surface area contributed by atoms with Crippen LogP contribution in [0.15, 0.2) is 54.6 Å². The maximum atomic E-state index is 12.9. The van der Waals surface area contributed by atoms with E-state index in [1.54, 1.807) is 24.3 Å². The number of nitrogens with one attached hydrogen (secondary N) is 1. The van der Waals surface area contributed by atoms with E-state index >= 15 is 0 Å². The van der Waals surface area contributed by atoms with Crippen LogP contribution in [-0.2, 0) is 11.3 Å². The van der Waals surface area contributed by atoms with E-state index in [4.69, 9.17) is 0 Å². The van der Waals surface area contributed by atoms with Crippen LogP contribution in [0.1, 0.15) is 46.5 Å². The third kappa shape index (κ3) is 4.76. The first-order chi connectivity index (χ1) is 14.4. The normalized spacial score (nSPS) is 14.4. The highest BCUT2D eigenvalue weighted by Gasteiger charge is 2.43. The zero-order chi connectivity index (χ0) is 21.7. The fraction of sp³-hybridized carbons (Fsp3) is 0.375. The Bertz CT molecular complexity index is 876. The standard InChI is InChI=1S/C24H29N3O3/c1-17(2)21(27-23(29)19-12-7-8-13-20(19)24(27)30)22(28)25-14-9-15-26(3)16-18-10-5-4-6-11-18/h4-8,10-13,17,21H,9,14-16H2,1-3H3,(H,25,28). The summed E-state index contributed by atoms with van der Waals surface area (Å²) in [6, 6.07) is 16.1. The van der Waals surface area contributed by atoms with Gasteiger partial charge in [-0.25, -0.2) is 0 Å². The van der Waals surface area contributed by atoms with Gasteiger partial charge in [-0.05, 0) is 43.6 Å². The Morgan fingerprint density at radius 1 is 0.967 bits per heavy atom. The molecule has 6 nitrogen and oxygen atoms in total. The molecule has 1 aliphatic heterocycles. The molecule has 0 bridgehead atoms. The highest BCUT2D eigenvalue weighted by Crippen LogP contribution is 2.27. The van der Waals surface area contributed by atoms with E-state index in [1.165, 1.54) is 5.56 Å². The lowest BCUT2D eigenvalue weighted by atomic mass is 10.0. The quantitative estimate of drug-likeness (QED) is 0.513. The van der Waals surface area contributed by atoms with Crippen molar-refractivity contribution >= 4 is 17.7 Å². The van der Waals surface area contributed by atoms with Gasteiger partial charge < -0.3 is 10.2 Å². The van der Waals surface area contributed by atoms with Crippen molar-refractivity contribution < 1.29 is 14.4 Å². The highest BCUT2D eigenvalue weighted by molar-refractivity contribution is 6.22. The van der Waals surface area contributed by atoms with E-state index in [1.807, 2.05) is 39.1 Å². The Kier molecular flexibility index (Phi) is 7.00. The van der Waals surface area contributed by atoms with Gasteiger partial charge in [0.2, 0.25) is 5.91 Å². The first kappa shape index (κ1) is 21.7. The first-order valence-electron chi connectivity index (χ1n) is 10.4. The van der Waals surface area contributed by atoms with Crippen LogP contribution >= 0.6 is 0 Å².